The van der Waals surface area contributed by atoms with Crippen LogP contribution in [0.3, 0.4) is 0 Å². The number of carbonyl (C=O) groups is 1. The number of anilines is 1. The molecule has 2 N–H and O–H groups in total. The predicted octanol–water partition coefficient (Wildman–Crippen LogP) is 4.50. The lowest BCUT2D eigenvalue weighted by Gasteiger charge is -2.22. The van der Waals surface area contributed by atoms with Crippen molar-refractivity contribution in [2.24, 2.45) is 4.99 Å². The lowest BCUT2D eigenvalue weighted by atomic mass is 9.98. The van der Waals surface area contributed by atoms with Crippen LogP contribution in [0.5, 0.6) is 5.75 Å². The van der Waals surface area contributed by atoms with Crippen LogP contribution >= 0.6 is 0 Å². The molecule has 1 fully saturated rings. The summed E-state index contributed by atoms with van der Waals surface area (Å²) >= 11 is 0. The van der Waals surface area contributed by atoms with Crippen molar-refractivity contribution in [3.8, 4) is 5.75 Å². The third-order valence-corrected chi connectivity index (χ3v) is 5.75. The van der Waals surface area contributed by atoms with Gasteiger partial charge in [-0.25, -0.2) is 4.99 Å². The molecular weight excluding hydrogens is 416 g/mol. The molecule has 7 heteroatoms. The Balaban J connectivity index is 1.40. The average molecular weight is 447 g/mol. The Labute approximate surface area is 194 Å². The summed E-state index contributed by atoms with van der Waals surface area (Å²) in [6, 6.07) is 19.4. The molecule has 1 aromatic heterocycles. The number of nitrogens with zero attached hydrogens (tertiary/aromatic N) is 2. The second kappa shape index (κ2) is 10.7. The van der Waals surface area contributed by atoms with Crippen molar-refractivity contribution in [1.29, 1.82) is 0 Å². The van der Waals surface area contributed by atoms with Crippen molar-refractivity contribution in [2.45, 2.75) is 25.8 Å². The molecule has 2 heterocycles. The van der Waals surface area contributed by atoms with Crippen molar-refractivity contribution < 1.29 is 13.9 Å². The fourth-order valence-corrected chi connectivity index (χ4v) is 4.04. The van der Waals surface area contributed by atoms with Gasteiger partial charge in [0.25, 0.3) is 5.91 Å². The zero-order valence-electron chi connectivity index (χ0n) is 19.1. The van der Waals surface area contributed by atoms with Crippen LogP contribution in [0.4, 0.5) is 5.69 Å². The van der Waals surface area contributed by atoms with E-state index in [2.05, 4.69) is 34.6 Å². The molecule has 0 aliphatic carbocycles. The van der Waals surface area contributed by atoms with Gasteiger partial charge in [0.1, 0.15) is 5.75 Å². The summed E-state index contributed by atoms with van der Waals surface area (Å²) in [5.41, 5.74) is 3.07. The zero-order valence-corrected chi connectivity index (χ0v) is 19.1. The van der Waals surface area contributed by atoms with Gasteiger partial charge in [0.2, 0.25) is 0 Å². The van der Waals surface area contributed by atoms with Crippen molar-refractivity contribution in [2.75, 3.05) is 32.1 Å². The molecule has 0 saturated carbocycles. The third kappa shape index (κ3) is 5.74. The van der Waals surface area contributed by atoms with Gasteiger partial charge in [-0.3, -0.25) is 4.79 Å². The highest BCUT2D eigenvalue weighted by Gasteiger charge is 2.26. The quantitative estimate of drug-likeness (QED) is 0.413. The number of hydrogen-bond acceptors (Lipinski definition) is 4. The van der Waals surface area contributed by atoms with Crippen molar-refractivity contribution in [1.82, 2.24) is 10.2 Å². The molecule has 33 heavy (non-hydrogen) atoms. The fraction of sp³-hybridized carbons (Fsp3) is 0.308. The van der Waals surface area contributed by atoms with Gasteiger partial charge in [0, 0.05) is 31.2 Å². The number of nitrogens with one attached hydrogen (secondary N) is 2. The Morgan fingerprint density at radius 1 is 1.18 bits per heavy atom. The average Bonchev–Trinajstić information content (AvgIpc) is 3.55. The van der Waals surface area contributed by atoms with E-state index >= 15 is 0 Å². The minimum Gasteiger partial charge on any atom is -0.497 e. The van der Waals surface area contributed by atoms with Gasteiger partial charge in [-0.15, -0.1) is 0 Å². The first-order valence-electron chi connectivity index (χ1n) is 11.3. The summed E-state index contributed by atoms with van der Waals surface area (Å²) in [6.45, 7) is 5.30. The molecule has 172 valence electrons. The molecule has 1 saturated heterocycles. The molecule has 7 nitrogen and oxygen atoms in total. The van der Waals surface area contributed by atoms with Gasteiger partial charge in [0.05, 0.1) is 19.9 Å². The van der Waals surface area contributed by atoms with Gasteiger partial charge >= 0.3 is 0 Å². The first kappa shape index (κ1) is 22.5. The normalized spacial score (nSPS) is 16.0. The van der Waals surface area contributed by atoms with E-state index in [1.165, 1.54) is 11.8 Å². The molecule has 0 radical (unpaired) electrons. The molecule has 0 bridgehead atoms. The first-order valence-corrected chi connectivity index (χ1v) is 11.3. The van der Waals surface area contributed by atoms with E-state index in [1.807, 2.05) is 36.4 Å². The monoisotopic (exact) mass is 446 g/mol. The number of guanidine groups is 1. The number of amides is 1. The van der Waals surface area contributed by atoms with Crippen LogP contribution < -0.4 is 15.4 Å². The topological polar surface area (TPSA) is 79.1 Å². The summed E-state index contributed by atoms with van der Waals surface area (Å²) in [5.74, 6) is 2.29. The van der Waals surface area contributed by atoms with Crippen LogP contribution in [-0.2, 0) is 6.54 Å². The summed E-state index contributed by atoms with van der Waals surface area (Å²) < 4.78 is 10.4. The molecule has 3 aromatic rings. The Bertz CT molecular complexity index is 1080. The summed E-state index contributed by atoms with van der Waals surface area (Å²) in [4.78, 5) is 19.4. The fourth-order valence-electron chi connectivity index (χ4n) is 4.04. The maximum atomic E-state index is 12.2. The Kier molecular flexibility index (Phi) is 7.29. The van der Waals surface area contributed by atoms with Gasteiger partial charge in [-0.1, -0.05) is 24.3 Å². The van der Waals surface area contributed by atoms with Crippen LogP contribution in [-0.4, -0.2) is 43.5 Å². The molecule has 0 spiro atoms. The highest BCUT2D eigenvalue weighted by molar-refractivity contribution is 6.02. The lowest BCUT2D eigenvalue weighted by Crippen LogP contribution is -2.40. The molecular formula is C26H30N4O3. The molecule has 2 aromatic carbocycles. The van der Waals surface area contributed by atoms with Gasteiger partial charge in [-0.05, 0) is 60.9 Å². The van der Waals surface area contributed by atoms with Crippen LogP contribution in [0.15, 0.2) is 76.3 Å². The van der Waals surface area contributed by atoms with Gasteiger partial charge in [-0.2, -0.15) is 0 Å². The minimum absolute atomic E-state index is 0.268. The lowest BCUT2D eigenvalue weighted by molar-refractivity contribution is 0.0996. The summed E-state index contributed by atoms with van der Waals surface area (Å²) in [6.07, 6.45) is 2.57. The largest absolute Gasteiger partial charge is 0.497 e. The number of methoxy groups -OCH3 is 1. The highest BCUT2D eigenvalue weighted by atomic mass is 16.5. The van der Waals surface area contributed by atoms with E-state index in [4.69, 9.17) is 14.1 Å². The highest BCUT2D eigenvalue weighted by Crippen LogP contribution is 2.28. The number of aliphatic imine (C=N–C) groups is 1. The zero-order chi connectivity index (χ0) is 23.0. The maximum Gasteiger partial charge on any atom is 0.291 e. The number of furan rings is 1. The van der Waals surface area contributed by atoms with Gasteiger partial charge in [0.15, 0.2) is 11.7 Å². The predicted molar refractivity (Wildman–Crippen MR) is 130 cm³/mol. The first-order chi connectivity index (χ1) is 16.2. The van der Waals surface area contributed by atoms with Crippen molar-refractivity contribution >= 4 is 17.6 Å². The molecule has 1 aliphatic heterocycles. The van der Waals surface area contributed by atoms with Crippen LogP contribution in [0.25, 0.3) is 0 Å². The number of ether oxygens (including phenoxy) is 1. The van der Waals surface area contributed by atoms with E-state index in [1.54, 1.807) is 19.2 Å². The Morgan fingerprint density at radius 3 is 2.76 bits per heavy atom. The molecule has 1 unspecified atom stereocenters. The molecule has 1 atom stereocenters. The molecule has 1 aliphatic rings. The number of carbonyl (C=O) groups excluding carboxylic acids is 1. The number of hydrogen-bond donors (Lipinski definition) is 2. The number of benzene rings is 2. The van der Waals surface area contributed by atoms with Crippen LogP contribution in [0, 0.1) is 0 Å². The van der Waals surface area contributed by atoms with Crippen LogP contribution in [0.1, 0.15) is 40.9 Å². The minimum atomic E-state index is -0.268. The third-order valence-electron chi connectivity index (χ3n) is 5.75. The SMILES string of the molecule is CCNC(=NCc1cccc(NC(=O)c2ccco2)c1)N1CCC(c2ccc(OC)cc2)C1. The van der Waals surface area contributed by atoms with Crippen LogP contribution in [0.2, 0.25) is 0 Å². The second-order valence-corrected chi connectivity index (χ2v) is 8.01. The Hall–Kier alpha value is -3.74. The number of likely N-dealkylation sites (tertiary alicyclic amines) is 1. The molecule has 4 rings (SSSR count). The maximum absolute atomic E-state index is 12.2. The number of rotatable bonds is 7. The summed E-state index contributed by atoms with van der Waals surface area (Å²) in [7, 11) is 1.69. The van der Waals surface area contributed by atoms with E-state index in [0.29, 0.717) is 12.5 Å². The van der Waals surface area contributed by atoms with E-state index in [9.17, 15) is 4.79 Å². The van der Waals surface area contributed by atoms with Gasteiger partial charge < -0.3 is 24.7 Å². The van der Waals surface area contributed by atoms with Crippen molar-refractivity contribution in [3.63, 3.8) is 0 Å². The molecule has 1 amide bonds. The van der Waals surface area contributed by atoms with E-state index < -0.39 is 0 Å². The standard InChI is InChI=1S/C26H30N4O3/c1-3-27-26(30-14-13-21(18-30)20-9-11-23(32-2)12-10-20)28-17-19-6-4-7-22(16-19)29-25(31)24-8-5-15-33-24/h4-12,15-16,21H,3,13-14,17-18H2,1-2H3,(H,27,28)(H,29,31). The smallest absolute Gasteiger partial charge is 0.291 e. The van der Waals surface area contributed by atoms with E-state index in [0.717, 1.165) is 49.0 Å². The Morgan fingerprint density at radius 2 is 2.03 bits per heavy atom. The summed E-state index contributed by atoms with van der Waals surface area (Å²) in [5, 5.41) is 6.29. The second-order valence-electron chi connectivity index (χ2n) is 8.01. The van der Waals surface area contributed by atoms with Crippen molar-refractivity contribution in [3.05, 3.63) is 83.8 Å². The van der Waals surface area contributed by atoms with E-state index in [-0.39, 0.29) is 11.7 Å².